The van der Waals surface area contributed by atoms with E-state index in [4.69, 9.17) is 5.11 Å². The van der Waals surface area contributed by atoms with Gasteiger partial charge in [-0.15, -0.1) is 0 Å². The molecule has 1 fully saturated rings. The Kier molecular flexibility index (Phi) is 6.21. The number of carboxylic acids is 1. The lowest BCUT2D eigenvalue weighted by molar-refractivity contribution is 0.0697. The fourth-order valence-electron chi connectivity index (χ4n) is 2.74. The number of nitrogens with one attached hydrogen (secondary N) is 1. The van der Waals surface area contributed by atoms with E-state index in [0.717, 1.165) is 35.6 Å². The van der Waals surface area contributed by atoms with Crippen molar-refractivity contribution in [2.24, 2.45) is 5.92 Å². The van der Waals surface area contributed by atoms with E-state index in [1.54, 1.807) is 12.1 Å². The van der Waals surface area contributed by atoms with Crippen LogP contribution >= 0.6 is 15.9 Å². The van der Waals surface area contributed by atoms with E-state index in [1.165, 1.54) is 25.9 Å². The second-order valence-electron chi connectivity index (χ2n) is 5.62. The Morgan fingerprint density at radius 2 is 2.14 bits per heavy atom. The summed E-state index contributed by atoms with van der Waals surface area (Å²) in [5.41, 5.74) is 1.42. The molecule has 0 unspecified atom stereocenters. The molecule has 116 valence electrons. The topological polar surface area (TPSA) is 52.6 Å². The second-order valence-corrected chi connectivity index (χ2v) is 6.47. The highest BCUT2D eigenvalue weighted by atomic mass is 79.9. The molecule has 0 radical (unpaired) electrons. The molecule has 0 aliphatic carbocycles. The minimum atomic E-state index is -0.891. The van der Waals surface area contributed by atoms with E-state index in [-0.39, 0.29) is 0 Å². The van der Waals surface area contributed by atoms with Crippen LogP contribution in [0.5, 0.6) is 0 Å². The van der Waals surface area contributed by atoms with Crippen molar-refractivity contribution in [3.63, 3.8) is 0 Å². The molecule has 0 bridgehead atoms. The normalized spacial score (nSPS) is 17.0. The predicted octanol–water partition coefficient (Wildman–Crippen LogP) is 2.97. The maximum atomic E-state index is 10.9. The molecular weight excluding hydrogens is 332 g/mol. The molecule has 1 saturated heterocycles. The summed E-state index contributed by atoms with van der Waals surface area (Å²) in [5.74, 6) is -0.136. The van der Waals surface area contributed by atoms with Gasteiger partial charge in [0.25, 0.3) is 0 Å². The number of carbonyl (C=O) groups is 1. The summed E-state index contributed by atoms with van der Waals surface area (Å²) in [6.07, 6.45) is 2.53. The predicted molar refractivity (Wildman–Crippen MR) is 87.6 cm³/mol. The zero-order valence-corrected chi connectivity index (χ0v) is 14.0. The smallest absolute Gasteiger partial charge is 0.335 e. The zero-order valence-electron chi connectivity index (χ0n) is 12.4. The highest BCUT2D eigenvalue weighted by molar-refractivity contribution is 9.10. The van der Waals surface area contributed by atoms with Gasteiger partial charge < -0.3 is 15.3 Å². The van der Waals surface area contributed by atoms with Crippen molar-refractivity contribution < 1.29 is 9.90 Å². The van der Waals surface area contributed by atoms with Crippen LogP contribution in [-0.4, -0.2) is 42.2 Å². The number of piperidine rings is 1. The number of rotatable bonds is 6. The molecular formula is C16H23BrN2O2. The van der Waals surface area contributed by atoms with Crippen LogP contribution in [0.1, 0.15) is 35.7 Å². The van der Waals surface area contributed by atoms with Gasteiger partial charge in [0.1, 0.15) is 0 Å². The summed E-state index contributed by atoms with van der Waals surface area (Å²) in [5, 5.41) is 12.4. The number of benzene rings is 1. The number of carboxylic acid groups (broad SMARTS) is 1. The summed E-state index contributed by atoms with van der Waals surface area (Å²) in [6, 6.07) is 5.20. The Balaban J connectivity index is 1.77. The number of hydrogen-bond acceptors (Lipinski definition) is 3. The summed E-state index contributed by atoms with van der Waals surface area (Å²) in [4.78, 5) is 13.4. The van der Waals surface area contributed by atoms with Gasteiger partial charge in [-0.25, -0.2) is 4.79 Å². The number of aromatic carboxylic acids is 1. The molecule has 1 aliphatic rings. The lowest BCUT2D eigenvalue weighted by Crippen LogP contribution is -2.36. The monoisotopic (exact) mass is 354 g/mol. The Morgan fingerprint density at radius 1 is 1.43 bits per heavy atom. The zero-order chi connectivity index (χ0) is 15.2. The number of likely N-dealkylation sites (tertiary alicyclic amines) is 1. The molecule has 21 heavy (non-hydrogen) atoms. The highest BCUT2D eigenvalue weighted by Gasteiger charge is 2.17. The molecule has 0 aromatic heterocycles. The molecule has 2 N–H and O–H groups in total. The highest BCUT2D eigenvalue weighted by Crippen LogP contribution is 2.20. The Hall–Kier alpha value is -0.910. The maximum absolute atomic E-state index is 10.9. The van der Waals surface area contributed by atoms with Crippen molar-refractivity contribution in [3.8, 4) is 0 Å². The number of hydrogen-bond donors (Lipinski definition) is 2. The van der Waals surface area contributed by atoms with Crippen molar-refractivity contribution in [2.75, 3.05) is 26.2 Å². The molecule has 4 nitrogen and oxygen atoms in total. The molecule has 0 saturated carbocycles. The van der Waals surface area contributed by atoms with Gasteiger partial charge in [0, 0.05) is 11.0 Å². The first-order valence-electron chi connectivity index (χ1n) is 7.55. The molecule has 0 atom stereocenters. The molecule has 0 spiro atoms. The van der Waals surface area contributed by atoms with Gasteiger partial charge in [-0.2, -0.15) is 0 Å². The first-order chi connectivity index (χ1) is 10.1. The fraction of sp³-hybridized carbons (Fsp3) is 0.562. The van der Waals surface area contributed by atoms with Crippen molar-refractivity contribution in [2.45, 2.75) is 26.3 Å². The molecule has 0 amide bonds. The summed E-state index contributed by atoms with van der Waals surface area (Å²) >= 11 is 3.45. The first-order valence-corrected chi connectivity index (χ1v) is 8.34. The third-order valence-corrected chi connectivity index (χ3v) is 4.94. The van der Waals surface area contributed by atoms with E-state index in [1.807, 2.05) is 6.07 Å². The lowest BCUT2D eigenvalue weighted by atomic mass is 9.97. The number of halogens is 1. The van der Waals surface area contributed by atoms with E-state index in [0.29, 0.717) is 5.56 Å². The van der Waals surface area contributed by atoms with E-state index in [2.05, 4.69) is 33.1 Å². The van der Waals surface area contributed by atoms with Gasteiger partial charge in [-0.05, 0) is 62.6 Å². The van der Waals surface area contributed by atoms with Crippen molar-refractivity contribution >= 4 is 21.9 Å². The molecule has 1 aromatic rings. The van der Waals surface area contributed by atoms with Crippen LogP contribution < -0.4 is 5.32 Å². The third-order valence-electron chi connectivity index (χ3n) is 4.20. The van der Waals surface area contributed by atoms with Gasteiger partial charge in [-0.3, -0.25) is 0 Å². The minimum Gasteiger partial charge on any atom is -0.478 e. The SMILES string of the molecule is CCN1CCC(CNCc2ccc(C(=O)O)cc2Br)CC1. The average molecular weight is 355 g/mol. The van der Waals surface area contributed by atoms with Crippen molar-refractivity contribution in [1.29, 1.82) is 0 Å². The summed E-state index contributed by atoms with van der Waals surface area (Å²) in [6.45, 7) is 7.60. The quantitative estimate of drug-likeness (QED) is 0.824. The molecule has 1 aromatic carbocycles. The van der Waals surface area contributed by atoms with Crippen LogP contribution in [0, 0.1) is 5.92 Å². The molecule has 2 rings (SSSR count). The van der Waals surface area contributed by atoms with Crippen LogP contribution in [-0.2, 0) is 6.54 Å². The summed E-state index contributed by atoms with van der Waals surface area (Å²) < 4.78 is 0.857. The van der Waals surface area contributed by atoms with Gasteiger partial charge in [0.05, 0.1) is 5.56 Å². The van der Waals surface area contributed by atoms with E-state index >= 15 is 0 Å². The minimum absolute atomic E-state index is 0.317. The molecule has 1 aliphatic heterocycles. The van der Waals surface area contributed by atoms with E-state index in [9.17, 15) is 4.79 Å². The summed E-state index contributed by atoms with van der Waals surface area (Å²) in [7, 11) is 0. The van der Waals surface area contributed by atoms with Crippen LogP contribution in [0.25, 0.3) is 0 Å². The Bertz CT molecular complexity index is 485. The van der Waals surface area contributed by atoms with Gasteiger partial charge in [0.15, 0.2) is 0 Å². The Labute approximate surface area is 134 Å². The van der Waals surface area contributed by atoms with Crippen molar-refractivity contribution in [1.82, 2.24) is 10.2 Å². The van der Waals surface area contributed by atoms with Crippen LogP contribution in [0.2, 0.25) is 0 Å². The van der Waals surface area contributed by atoms with Crippen molar-refractivity contribution in [3.05, 3.63) is 33.8 Å². The van der Waals surface area contributed by atoms with Gasteiger partial charge in [0.2, 0.25) is 0 Å². The first kappa shape index (κ1) is 16.5. The third kappa shape index (κ3) is 4.80. The van der Waals surface area contributed by atoms with Gasteiger partial charge >= 0.3 is 5.97 Å². The van der Waals surface area contributed by atoms with Gasteiger partial charge in [-0.1, -0.05) is 28.9 Å². The van der Waals surface area contributed by atoms with Crippen LogP contribution in [0.15, 0.2) is 22.7 Å². The van der Waals surface area contributed by atoms with Crippen LogP contribution in [0.3, 0.4) is 0 Å². The van der Waals surface area contributed by atoms with Crippen LogP contribution in [0.4, 0.5) is 0 Å². The lowest BCUT2D eigenvalue weighted by Gasteiger charge is -2.31. The largest absolute Gasteiger partial charge is 0.478 e. The standard InChI is InChI=1S/C16H23BrN2O2/c1-2-19-7-5-12(6-8-19)10-18-11-14-4-3-13(16(20)21)9-15(14)17/h3-4,9,12,18H,2,5-8,10-11H2,1H3,(H,20,21). The average Bonchev–Trinajstić information content (AvgIpc) is 2.49. The second kappa shape index (κ2) is 7.92. The van der Waals surface area contributed by atoms with E-state index < -0.39 is 5.97 Å². The molecule has 1 heterocycles. The number of nitrogens with zero attached hydrogens (tertiary/aromatic N) is 1. The fourth-order valence-corrected chi connectivity index (χ4v) is 3.26. The molecule has 5 heteroatoms. The Morgan fingerprint density at radius 3 is 2.71 bits per heavy atom. The maximum Gasteiger partial charge on any atom is 0.335 e.